The fourth-order valence-corrected chi connectivity index (χ4v) is 6.92. The Labute approximate surface area is 253 Å². The summed E-state index contributed by atoms with van der Waals surface area (Å²) < 4.78 is 68.4. The zero-order valence-electron chi connectivity index (χ0n) is 24.1. The van der Waals surface area contributed by atoms with Crippen LogP contribution in [0.1, 0.15) is 49.8 Å². The molecular weight excluding hydrogens is 595 g/mol. The van der Waals surface area contributed by atoms with Gasteiger partial charge in [0.05, 0.1) is 34.3 Å². The summed E-state index contributed by atoms with van der Waals surface area (Å²) in [6.07, 6.45) is -2.19. The maximum Gasteiger partial charge on any atom is 0.417 e. The molecule has 2 aliphatic rings. The van der Waals surface area contributed by atoms with Gasteiger partial charge in [0.15, 0.2) is 0 Å². The summed E-state index contributed by atoms with van der Waals surface area (Å²) in [5, 5.41) is 12.4. The number of urea groups is 1. The Morgan fingerprint density at radius 3 is 2.25 bits per heavy atom. The summed E-state index contributed by atoms with van der Waals surface area (Å²) >= 11 is 0. The predicted octanol–water partition coefficient (Wildman–Crippen LogP) is 6.24. The Morgan fingerprint density at radius 2 is 1.61 bits per heavy atom. The topological polar surface area (TPSA) is 114 Å². The summed E-state index contributed by atoms with van der Waals surface area (Å²) in [6.45, 7) is 3.96. The quantitative estimate of drug-likeness (QED) is 0.311. The number of nitrogens with zero attached hydrogens (tertiary/aromatic N) is 4. The van der Waals surface area contributed by atoms with E-state index in [-0.39, 0.29) is 17.1 Å². The van der Waals surface area contributed by atoms with E-state index in [0.29, 0.717) is 41.0 Å². The number of imide groups is 1. The number of nitrogens with one attached hydrogen (secondary N) is 1. The number of hydrogen-bond donors (Lipinski definition) is 1. The average molecular weight is 626 g/mol. The molecule has 0 radical (unpaired) electrons. The second-order valence-electron chi connectivity index (χ2n) is 11.2. The van der Waals surface area contributed by atoms with E-state index < -0.39 is 44.8 Å². The fraction of sp³-hybridized carbons (Fsp3) is 0.323. The smallest absolute Gasteiger partial charge is 0.355 e. The second kappa shape index (κ2) is 11.6. The number of carbonyl (C=O) groups is 2. The van der Waals surface area contributed by atoms with Crippen LogP contribution in [0.15, 0.2) is 71.6 Å². The molecule has 13 heteroatoms. The van der Waals surface area contributed by atoms with E-state index in [1.165, 1.54) is 41.3 Å². The molecule has 2 fully saturated rings. The van der Waals surface area contributed by atoms with Crippen molar-refractivity contribution >= 4 is 39.0 Å². The van der Waals surface area contributed by atoms with Crippen molar-refractivity contribution in [2.24, 2.45) is 0 Å². The number of para-hydroxylation sites is 1. The van der Waals surface area contributed by atoms with Crippen molar-refractivity contribution in [3.63, 3.8) is 0 Å². The van der Waals surface area contributed by atoms with Crippen molar-refractivity contribution < 1.29 is 31.2 Å². The van der Waals surface area contributed by atoms with E-state index in [1.807, 2.05) is 0 Å². The maximum absolute atomic E-state index is 13.6. The van der Waals surface area contributed by atoms with E-state index in [2.05, 4.69) is 5.32 Å². The van der Waals surface area contributed by atoms with Crippen LogP contribution in [-0.4, -0.2) is 48.2 Å². The molecule has 3 aromatic rings. The lowest BCUT2D eigenvalue weighted by Gasteiger charge is -2.28. The van der Waals surface area contributed by atoms with Crippen molar-refractivity contribution in [1.29, 1.82) is 5.26 Å². The van der Waals surface area contributed by atoms with Gasteiger partial charge in [0.1, 0.15) is 5.54 Å². The van der Waals surface area contributed by atoms with Gasteiger partial charge in [-0.1, -0.05) is 24.6 Å². The van der Waals surface area contributed by atoms with Gasteiger partial charge in [-0.05, 0) is 80.8 Å². The van der Waals surface area contributed by atoms with Crippen LogP contribution in [0.25, 0.3) is 0 Å². The summed E-state index contributed by atoms with van der Waals surface area (Å²) in [5.41, 5.74) is -1.74. The lowest BCUT2D eigenvalue weighted by molar-refractivity contribution is -0.137. The number of amides is 3. The molecule has 9 nitrogen and oxygen atoms in total. The maximum atomic E-state index is 13.6. The summed E-state index contributed by atoms with van der Waals surface area (Å²) in [4.78, 5) is 29.2. The van der Waals surface area contributed by atoms with Crippen molar-refractivity contribution in [2.45, 2.75) is 56.3 Å². The van der Waals surface area contributed by atoms with Crippen molar-refractivity contribution in [3.05, 3.63) is 83.4 Å². The molecule has 44 heavy (non-hydrogen) atoms. The SMILES string of the molecule is CC1(C)C(=O)N(c2ccc(C#N)c(C(F)(F)F)c2)C(=O)N1Cc1ccccc1Nc1ccc(S(=O)(=O)N2CCCCC2)cc1. The third kappa shape index (κ3) is 5.75. The molecule has 0 aliphatic carbocycles. The largest absolute Gasteiger partial charge is 0.417 e. The molecular formula is C31H30F3N5O4S. The highest BCUT2D eigenvalue weighted by Crippen LogP contribution is 2.39. The van der Waals surface area contributed by atoms with Gasteiger partial charge in [-0.3, -0.25) is 4.79 Å². The first-order chi connectivity index (χ1) is 20.7. The van der Waals surface area contributed by atoms with Crippen LogP contribution < -0.4 is 10.2 Å². The van der Waals surface area contributed by atoms with Crippen LogP contribution in [0, 0.1) is 11.3 Å². The third-order valence-corrected chi connectivity index (χ3v) is 9.86. The number of sulfonamides is 1. The van der Waals surface area contributed by atoms with E-state index in [9.17, 15) is 31.2 Å². The Hall–Kier alpha value is -4.41. The number of carbonyl (C=O) groups excluding carboxylic acids is 2. The first-order valence-electron chi connectivity index (χ1n) is 14.0. The van der Waals surface area contributed by atoms with E-state index >= 15 is 0 Å². The second-order valence-corrected chi connectivity index (χ2v) is 13.1. The van der Waals surface area contributed by atoms with Gasteiger partial charge < -0.3 is 10.2 Å². The molecule has 0 aromatic heterocycles. The van der Waals surface area contributed by atoms with Crippen LogP contribution in [0.4, 0.5) is 35.0 Å². The monoisotopic (exact) mass is 625 g/mol. The van der Waals surface area contributed by atoms with Crippen LogP contribution in [0.3, 0.4) is 0 Å². The first-order valence-corrected chi connectivity index (χ1v) is 15.4. The predicted molar refractivity (Wildman–Crippen MR) is 157 cm³/mol. The summed E-state index contributed by atoms with van der Waals surface area (Å²) in [7, 11) is -3.60. The van der Waals surface area contributed by atoms with Crippen molar-refractivity contribution in [3.8, 4) is 6.07 Å². The molecule has 2 heterocycles. The summed E-state index contributed by atoms with van der Waals surface area (Å²) in [5.74, 6) is -0.712. The van der Waals surface area contributed by atoms with Crippen LogP contribution in [-0.2, 0) is 27.5 Å². The fourth-order valence-electron chi connectivity index (χ4n) is 5.40. The summed E-state index contributed by atoms with van der Waals surface area (Å²) in [6, 6.07) is 16.8. The third-order valence-electron chi connectivity index (χ3n) is 7.94. The molecule has 3 amide bonds. The first kappa shape index (κ1) is 31.0. The minimum Gasteiger partial charge on any atom is -0.355 e. The Kier molecular flexibility index (Phi) is 8.17. The Morgan fingerprint density at radius 1 is 0.955 bits per heavy atom. The highest BCUT2D eigenvalue weighted by Gasteiger charge is 2.52. The minimum atomic E-state index is -4.86. The number of anilines is 3. The van der Waals surface area contributed by atoms with E-state index in [4.69, 9.17) is 5.26 Å². The molecule has 0 saturated carbocycles. The Bertz CT molecular complexity index is 1750. The van der Waals surface area contributed by atoms with Gasteiger partial charge in [0.2, 0.25) is 10.0 Å². The van der Waals surface area contributed by atoms with Crippen molar-refractivity contribution in [2.75, 3.05) is 23.3 Å². The van der Waals surface area contributed by atoms with Gasteiger partial charge >= 0.3 is 12.2 Å². The highest BCUT2D eigenvalue weighted by molar-refractivity contribution is 7.89. The molecule has 1 N–H and O–H groups in total. The molecule has 0 atom stereocenters. The number of rotatable bonds is 7. The molecule has 2 aliphatic heterocycles. The van der Waals surface area contributed by atoms with Gasteiger partial charge in [-0.2, -0.15) is 22.7 Å². The lowest BCUT2D eigenvalue weighted by atomic mass is 10.0. The van der Waals surface area contributed by atoms with Crippen LogP contribution >= 0.6 is 0 Å². The molecule has 0 unspecified atom stereocenters. The van der Waals surface area contributed by atoms with Gasteiger partial charge in [-0.15, -0.1) is 0 Å². The zero-order chi connectivity index (χ0) is 31.9. The number of nitriles is 1. The Balaban J connectivity index is 1.39. The van der Waals surface area contributed by atoms with Crippen LogP contribution in [0.5, 0.6) is 0 Å². The molecule has 3 aromatic carbocycles. The van der Waals surface area contributed by atoms with Gasteiger partial charge in [-0.25, -0.2) is 18.1 Å². The zero-order valence-corrected chi connectivity index (χ0v) is 24.9. The molecule has 0 spiro atoms. The molecule has 230 valence electrons. The molecule has 5 rings (SSSR count). The standard InChI is InChI=1S/C31H30F3N5O4S/c1-30(2)28(40)39(24-13-10-21(19-35)26(18-24)31(32,33)34)29(41)38(30)20-22-8-4-5-9-27(22)36-23-11-14-25(15-12-23)44(42,43)37-16-6-3-7-17-37/h4-5,8-15,18,36H,3,6-7,16-17,20H2,1-2H3. The van der Waals surface area contributed by atoms with Crippen LogP contribution in [0.2, 0.25) is 0 Å². The van der Waals surface area contributed by atoms with E-state index in [1.54, 1.807) is 36.4 Å². The lowest BCUT2D eigenvalue weighted by Crippen LogP contribution is -2.43. The normalized spacial score (nSPS) is 17.5. The number of halogens is 3. The van der Waals surface area contributed by atoms with E-state index in [0.717, 1.165) is 31.4 Å². The average Bonchev–Trinajstić information content (AvgIpc) is 3.16. The highest BCUT2D eigenvalue weighted by atomic mass is 32.2. The number of benzene rings is 3. The van der Waals surface area contributed by atoms with Gasteiger partial charge in [0.25, 0.3) is 5.91 Å². The number of piperidine rings is 1. The number of alkyl halides is 3. The molecule has 0 bridgehead atoms. The minimum absolute atomic E-state index is 0.0545. The van der Waals surface area contributed by atoms with Crippen molar-refractivity contribution in [1.82, 2.24) is 9.21 Å². The number of hydrogen-bond acceptors (Lipinski definition) is 6. The molecule has 2 saturated heterocycles. The van der Waals surface area contributed by atoms with Gasteiger partial charge in [0, 0.05) is 24.5 Å².